The minimum Gasteiger partial charge on any atom is -0.382 e. The molecule has 1 nitrogen and oxygen atoms in total. The van der Waals surface area contributed by atoms with E-state index in [9.17, 15) is 0 Å². The third kappa shape index (κ3) is 5.70. The van der Waals surface area contributed by atoms with Crippen molar-refractivity contribution >= 4 is 20.2 Å². The molecule has 4 heteroatoms. The quantitative estimate of drug-likeness (QED) is 0.582. The van der Waals surface area contributed by atoms with Gasteiger partial charge in [-0.3, -0.25) is 0 Å². The smallest absolute Gasteiger partial charge is 0.382 e. The normalized spacial score (nSPS) is 20.6. The van der Waals surface area contributed by atoms with Crippen molar-refractivity contribution in [2.45, 2.75) is 40.8 Å². The molecule has 0 N–H and O–H groups in total. The van der Waals surface area contributed by atoms with Gasteiger partial charge in [0.05, 0.1) is 8.07 Å². The van der Waals surface area contributed by atoms with Crippen molar-refractivity contribution in [2.75, 3.05) is 13.2 Å². The van der Waals surface area contributed by atoms with E-state index in [2.05, 4.69) is 113 Å². The van der Waals surface area contributed by atoms with Crippen molar-refractivity contribution in [2.24, 2.45) is 0 Å². The summed E-state index contributed by atoms with van der Waals surface area (Å²) in [5, 5.41) is 0. The van der Waals surface area contributed by atoms with Crippen LogP contribution in [0, 0.1) is 59.4 Å². The summed E-state index contributed by atoms with van der Waals surface area (Å²) >= 11 is 0. The van der Waals surface area contributed by atoms with E-state index in [1.54, 1.807) is 11.1 Å². The number of rotatable bonds is 4. The average Bonchev–Trinajstić information content (AvgIpc) is 3.41. The van der Waals surface area contributed by atoms with Crippen LogP contribution in [0.15, 0.2) is 60.7 Å². The van der Waals surface area contributed by atoms with Crippen LogP contribution < -0.4 is 37.7 Å². The predicted molar refractivity (Wildman–Crippen MR) is 155 cm³/mol. The van der Waals surface area contributed by atoms with Crippen molar-refractivity contribution in [1.29, 1.82) is 0 Å². The second kappa shape index (κ2) is 13.3. The van der Waals surface area contributed by atoms with Gasteiger partial charge in [0.25, 0.3) is 0 Å². The van der Waals surface area contributed by atoms with Gasteiger partial charge >= 0.3 is 37.7 Å². The van der Waals surface area contributed by atoms with Crippen molar-refractivity contribution in [1.82, 2.24) is 0 Å². The maximum Gasteiger partial charge on any atom is 1.00 e. The molecule has 10 radical (unpaired) electrons. The molecule has 4 aliphatic rings. The van der Waals surface area contributed by atoms with Crippen LogP contribution in [0.4, 0.5) is 0 Å². The Morgan fingerprint density at radius 2 is 0.974 bits per heavy atom. The van der Waals surface area contributed by atoms with E-state index < -0.39 is 8.07 Å². The summed E-state index contributed by atoms with van der Waals surface area (Å²) < 4.78 is 4.83. The number of allylic oxidation sites excluding steroid dienone is 2. The Balaban J connectivity index is 0.000000526. The monoisotopic (exact) mass is 502 g/mol. The predicted octanol–water partition coefficient (Wildman–Crippen LogP) is 2.05. The standard InChI is InChI=1S/C30H26Si.C4H10O.2Li/c1-19-17-27-23-11-7-5-9-21(23)13-15-25(27)29(19)31(3,4)30-20(2)18-28-24-12-8-6-10-22(24)14-16-26(28)30;1-3-5-4-2;;/h5-18H,1-4H3;3-4H2,1-2H3;;/q;;2*+1. The van der Waals surface area contributed by atoms with Crippen LogP contribution in [0.5, 0.6) is 0 Å². The van der Waals surface area contributed by atoms with Crippen molar-refractivity contribution in [3.63, 3.8) is 0 Å². The van der Waals surface area contributed by atoms with Gasteiger partial charge in [-0.2, -0.15) is 0 Å². The number of fused-ring (bicyclic) bond motifs is 6. The summed E-state index contributed by atoms with van der Waals surface area (Å²) in [6.07, 6.45) is 14.2. The van der Waals surface area contributed by atoms with Crippen LogP contribution in [-0.4, -0.2) is 21.3 Å². The number of hydrogen-bond acceptors (Lipinski definition) is 1. The SMILES string of the molecule is CCOCC.C[C]1[CH][C]2[C](C=Cc3ccccc32)[C]1[Si](C)(C)[C]1[C](C)[CH][C]2[C]1C=Cc1ccccc12.[Li+].[Li+]. The third-order valence-corrected chi connectivity index (χ3v) is 11.5. The zero-order valence-electron chi connectivity index (χ0n) is 24.4. The molecule has 2 aromatic carbocycles. The minimum atomic E-state index is -1.94. The second-order valence-corrected chi connectivity index (χ2v) is 14.6. The Morgan fingerprint density at radius 3 is 1.34 bits per heavy atom. The topological polar surface area (TPSA) is 9.23 Å². The molecular formula is C34H36Li2OSi+2. The fraction of sp³-hybridized carbons (Fsp3) is 0.235. The zero-order chi connectivity index (χ0) is 25.4. The Labute approximate surface area is 257 Å². The third-order valence-electron chi connectivity index (χ3n) is 7.65. The first-order valence-corrected chi connectivity index (χ1v) is 16.1. The van der Waals surface area contributed by atoms with E-state index in [0.717, 1.165) is 13.2 Å². The van der Waals surface area contributed by atoms with Gasteiger partial charge < -0.3 is 4.74 Å². The maximum atomic E-state index is 4.83. The Hall–Kier alpha value is -0.708. The van der Waals surface area contributed by atoms with Crippen molar-refractivity contribution in [3.05, 3.63) is 142 Å². The molecule has 4 aliphatic carbocycles. The molecule has 0 heterocycles. The first kappa shape index (κ1) is 31.8. The molecule has 2 saturated carbocycles. The summed E-state index contributed by atoms with van der Waals surface area (Å²) in [6, 6.07) is 17.6. The summed E-state index contributed by atoms with van der Waals surface area (Å²) in [4.78, 5) is 0. The molecular weight excluding hydrogens is 466 g/mol. The molecule has 0 bridgehead atoms. The largest absolute Gasteiger partial charge is 1.00 e. The van der Waals surface area contributed by atoms with Crippen LogP contribution in [-0.2, 0) is 4.74 Å². The Morgan fingerprint density at radius 1 is 0.579 bits per heavy atom. The summed E-state index contributed by atoms with van der Waals surface area (Å²) in [6.45, 7) is 15.4. The number of benzene rings is 2. The van der Waals surface area contributed by atoms with E-state index in [-0.39, 0.29) is 37.7 Å². The van der Waals surface area contributed by atoms with Gasteiger partial charge in [-0.1, -0.05) is 99.8 Å². The van der Waals surface area contributed by atoms with Gasteiger partial charge in [-0.05, 0) is 71.9 Å². The second-order valence-electron chi connectivity index (χ2n) is 10.3. The van der Waals surface area contributed by atoms with E-state index in [0.29, 0.717) is 0 Å². The van der Waals surface area contributed by atoms with Gasteiger partial charge in [0, 0.05) is 36.9 Å². The summed E-state index contributed by atoms with van der Waals surface area (Å²) in [5.41, 5.74) is 8.58. The molecule has 182 valence electrons. The van der Waals surface area contributed by atoms with Crippen LogP contribution >= 0.6 is 0 Å². The summed E-state index contributed by atoms with van der Waals surface area (Å²) in [5.74, 6) is 8.59. The fourth-order valence-corrected chi connectivity index (χ4v) is 10.5. The molecule has 0 aliphatic heterocycles. The Kier molecular flexibility index (Phi) is 11.1. The maximum absolute atomic E-state index is 4.83. The van der Waals surface area contributed by atoms with Crippen LogP contribution in [0.2, 0.25) is 13.1 Å². The van der Waals surface area contributed by atoms with Gasteiger partial charge in [-0.15, -0.1) is 0 Å². The molecule has 0 aromatic heterocycles. The van der Waals surface area contributed by atoms with E-state index in [4.69, 9.17) is 4.74 Å². The Bertz CT molecular complexity index is 1040. The molecule has 0 spiro atoms. The van der Waals surface area contributed by atoms with E-state index in [1.807, 2.05) is 13.8 Å². The van der Waals surface area contributed by atoms with Crippen molar-refractivity contribution < 1.29 is 42.5 Å². The molecule has 0 saturated heterocycles. The van der Waals surface area contributed by atoms with Crippen LogP contribution in [0.3, 0.4) is 0 Å². The molecule has 6 rings (SSSR count). The van der Waals surface area contributed by atoms with Gasteiger partial charge in [0.1, 0.15) is 0 Å². The molecule has 0 unspecified atom stereocenters. The number of ether oxygens (including phenoxy) is 1. The number of hydrogen-bond donors (Lipinski definition) is 0. The first-order chi connectivity index (χ1) is 17.4. The molecule has 0 amide bonds. The molecule has 0 atom stereocenters. The minimum absolute atomic E-state index is 0. The van der Waals surface area contributed by atoms with Crippen LogP contribution in [0.1, 0.15) is 49.9 Å². The molecule has 2 aromatic rings. The summed E-state index contributed by atoms with van der Waals surface area (Å²) in [7, 11) is -1.94. The fourth-order valence-electron chi connectivity index (χ4n) is 6.33. The van der Waals surface area contributed by atoms with Gasteiger partial charge in [-0.25, -0.2) is 0 Å². The first-order valence-electron chi connectivity index (χ1n) is 13.1. The van der Waals surface area contributed by atoms with E-state index >= 15 is 0 Å². The average molecular weight is 503 g/mol. The van der Waals surface area contributed by atoms with E-state index in [1.165, 1.54) is 57.8 Å². The zero-order valence-corrected chi connectivity index (χ0v) is 25.4. The van der Waals surface area contributed by atoms with Gasteiger partial charge in [0.15, 0.2) is 0 Å². The molecule has 38 heavy (non-hydrogen) atoms. The molecule has 2 fully saturated rings. The van der Waals surface area contributed by atoms with Crippen molar-refractivity contribution in [3.8, 4) is 0 Å². The van der Waals surface area contributed by atoms with Gasteiger partial charge in [0.2, 0.25) is 0 Å². The van der Waals surface area contributed by atoms with Crippen LogP contribution in [0.25, 0.3) is 12.2 Å².